The average Bonchev–Trinajstić information content (AvgIpc) is 2.53. The van der Waals surface area contributed by atoms with Crippen LogP contribution < -0.4 is 4.74 Å². The van der Waals surface area contributed by atoms with Crippen molar-refractivity contribution in [3.05, 3.63) is 59.7 Å². The molecule has 0 aromatic heterocycles. The third-order valence-corrected chi connectivity index (χ3v) is 5.44. The number of methoxy groups -OCH3 is 1. The second-order valence-corrected chi connectivity index (χ2v) is 7.15. The summed E-state index contributed by atoms with van der Waals surface area (Å²) in [4.78, 5) is 4.09. The van der Waals surface area contributed by atoms with E-state index >= 15 is 0 Å². The summed E-state index contributed by atoms with van der Waals surface area (Å²) in [6, 6.07) is 14.0. The molecule has 1 unspecified atom stereocenters. The number of aryl methyl sites for hydroxylation is 1. The van der Waals surface area contributed by atoms with Crippen molar-refractivity contribution in [3.8, 4) is 5.75 Å². The van der Waals surface area contributed by atoms with Gasteiger partial charge in [-0.05, 0) is 43.5 Å². The number of aliphatic imine (C=N–C) groups is 1. The summed E-state index contributed by atoms with van der Waals surface area (Å²) in [5.74, 6) is 0.730. The van der Waals surface area contributed by atoms with Crippen molar-refractivity contribution in [2.45, 2.75) is 23.6 Å². The summed E-state index contributed by atoms with van der Waals surface area (Å²) in [6.07, 6.45) is 0.281. The highest BCUT2D eigenvalue weighted by Crippen LogP contribution is 2.21. The molecule has 2 aromatic rings. The lowest BCUT2D eigenvalue weighted by atomic mass is 10.1. The van der Waals surface area contributed by atoms with E-state index in [-0.39, 0.29) is 11.3 Å². The van der Waals surface area contributed by atoms with Gasteiger partial charge in [-0.15, -0.1) is 0 Å². The summed E-state index contributed by atoms with van der Waals surface area (Å²) in [5.41, 5.74) is 1.88. The summed E-state index contributed by atoms with van der Waals surface area (Å²) >= 11 is 0. The number of sulfone groups is 1. The zero-order valence-corrected chi connectivity index (χ0v) is 13.5. The molecule has 0 aliphatic carbocycles. The summed E-state index contributed by atoms with van der Waals surface area (Å²) in [7, 11) is -1.95. The van der Waals surface area contributed by atoms with Gasteiger partial charge in [-0.1, -0.05) is 29.8 Å². The molecule has 0 radical (unpaired) electrons. The Morgan fingerprint density at radius 1 is 1.09 bits per heavy atom. The second-order valence-electron chi connectivity index (χ2n) is 5.05. The van der Waals surface area contributed by atoms with Gasteiger partial charge in [0.05, 0.1) is 12.0 Å². The van der Waals surface area contributed by atoms with Gasteiger partial charge in [-0.2, -0.15) is 0 Å². The minimum atomic E-state index is -3.54. The van der Waals surface area contributed by atoms with Crippen molar-refractivity contribution < 1.29 is 13.2 Å². The Kier molecular flexibility index (Phi) is 4.98. The zero-order chi connectivity index (χ0) is 16.2. The topological polar surface area (TPSA) is 55.7 Å². The van der Waals surface area contributed by atoms with Crippen LogP contribution in [0.3, 0.4) is 0 Å². The van der Waals surface area contributed by atoms with Crippen LogP contribution in [0.1, 0.15) is 11.1 Å². The molecule has 0 amide bonds. The lowest BCUT2D eigenvalue weighted by Gasteiger charge is -2.14. The first-order chi connectivity index (χ1) is 10.5. The average molecular weight is 317 g/mol. The molecule has 2 rings (SSSR count). The van der Waals surface area contributed by atoms with Crippen LogP contribution in [-0.4, -0.2) is 27.6 Å². The molecule has 0 aliphatic rings. The Bertz CT molecular complexity index is 734. The minimum Gasteiger partial charge on any atom is -0.497 e. The molecule has 0 fully saturated rings. The minimum absolute atomic E-state index is 0.268. The maximum Gasteiger partial charge on any atom is 0.201 e. The van der Waals surface area contributed by atoms with Gasteiger partial charge < -0.3 is 4.74 Å². The lowest BCUT2D eigenvalue weighted by Crippen LogP contribution is -2.21. The third-order valence-electron chi connectivity index (χ3n) is 3.48. The molecule has 0 N–H and O–H groups in total. The molecule has 0 saturated heterocycles. The number of rotatable bonds is 6. The smallest absolute Gasteiger partial charge is 0.201 e. The van der Waals surface area contributed by atoms with Crippen molar-refractivity contribution >= 4 is 16.6 Å². The molecule has 0 bridgehead atoms. The molecule has 4 nitrogen and oxygen atoms in total. The van der Waals surface area contributed by atoms with Crippen LogP contribution in [-0.2, 0) is 16.3 Å². The van der Waals surface area contributed by atoms with E-state index in [2.05, 4.69) is 11.7 Å². The molecule has 5 heteroatoms. The quantitative estimate of drug-likeness (QED) is 0.770. The van der Waals surface area contributed by atoms with Crippen molar-refractivity contribution in [3.63, 3.8) is 0 Å². The van der Waals surface area contributed by atoms with E-state index in [1.165, 1.54) is 0 Å². The molecule has 22 heavy (non-hydrogen) atoms. The predicted octanol–water partition coefficient (Wildman–Crippen LogP) is 3.05. The van der Waals surface area contributed by atoms with Crippen LogP contribution in [0.5, 0.6) is 5.75 Å². The molecule has 1 atom stereocenters. The van der Waals surface area contributed by atoms with Crippen LogP contribution in [0.15, 0.2) is 58.4 Å². The van der Waals surface area contributed by atoms with Gasteiger partial charge >= 0.3 is 0 Å². The SMILES string of the molecule is C=NC(Cc1ccc(OC)cc1)S(=O)(=O)c1ccc(C)cc1. The van der Waals surface area contributed by atoms with Gasteiger partial charge in [0, 0.05) is 6.42 Å². The summed E-state index contributed by atoms with van der Waals surface area (Å²) in [6.45, 7) is 5.36. The molecule has 0 heterocycles. The molecule has 0 aliphatic heterocycles. The largest absolute Gasteiger partial charge is 0.497 e. The van der Waals surface area contributed by atoms with E-state index < -0.39 is 15.2 Å². The normalized spacial score (nSPS) is 12.6. The lowest BCUT2D eigenvalue weighted by molar-refractivity contribution is 0.414. The van der Waals surface area contributed by atoms with Crippen LogP contribution in [0.2, 0.25) is 0 Å². The Hall–Kier alpha value is -2.14. The van der Waals surface area contributed by atoms with Crippen molar-refractivity contribution in [1.82, 2.24) is 0 Å². The number of hydrogen-bond donors (Lipinski definition) is 0. The highest BCUT2D eigenvalue weighted by molar-refractivity contribution is 7.92. The molecule has 0 spiro atoms. The van der Waals surface area contributed by atoms with Crippen LogP contribution in [0.25, 0.3) is 0 Å². The Morgan fingerprint density at radius 3 is 2.18 bits per heavy atom. The number of nitrogens with zero attached hydrogens (tertiary/aromatic N) is 1. The Morgan fingerprint density at radius 2 is 1.68 bits per heavy atom. The number of hydrogen-bond acceptors (Lipinski definition) is 4. The first kappa shape index (κ1) is 16.2. The molecule has 0 saturated carbocycles. The van der Waals surface area contributed by atoms with Gasteiger partial charge in [0.2, 0.25) is 9.84 Å². The summed E-state index contributed by atoms with van der Waals surface area (Å²) < 4.78 is 30.4. The molecule has 2 aromatic carbocycles. The highest BCUT2D eigenvalue weighted by atomic mass is 32.2. The van der Waals surface area contributed by atoms with E-state index in [1.807, 2.05) is 19.1 Å². The van der Waals surface area contributed by atoms with Crippen molar-refractivity contribution in [2.24, 2.45) is 4.99 Å². The highest BCUT2D eigenvalue weighted by Gasteiger charge is 2.26. The first-order valence-electron chi connectivity index (χ1n) is 6.86. The van der Waals surface area contributed by atoms with Crippen LogP contribution in [0.4, 0.5) is 0 Å². The fourth-order valence-corrected chi connectivity index (χ4v) is 3.56. The van der Waals surface area contributed by atoms with Gasteiger partial charge in [0.25, 0.3) is 0 Å². The standard InChI is InChI=1S/C17H19NO3S/c1-13-4-10-16(11-5-13)22(19,20)17(18-2)12-14-6-8-15(21-3)9-7-14/h4-11,17H,2,12H2,1,3H3. The number of benzene rings is 2. The molecule has 116 valence electrons. The van der Waals surface area contributed by atoms with E-state index in [1.54, 1.807) is 43.5 Å². The fraction of sp³-hybridized carbons (Fsp3) is 0.235. The van der Waals surface area contributed by atoms with Gasteiger partial charge in [0.1, 0.15) is 5.75 Å². The van der Waals surface area contributed by atoms with Crippen molar-refractivity contribution in [2.75, 3.05) is 7.11 Å². The van der Waals surface area contributed by atoms with Gasteiger partial charge in [0.15, 0.2) is 5.37 Å². The first-order valence-corrected chi connectivity index (χ1v) is 8.41. The Labute approximate surface area is 131 Å². The molecular weight excluding hydrogens is 298 g/mol. The van der Waals surface area contributed by atoms with Crippen molar-refractivity contribution in [1.29, 1.82) is 0 Å². The van der Waals surface area contributed by atoms with Crippen LogP contribution >= 0.6 is 0 Å². The van der Waals surface area contributed by atoms with Gasteiger partial charge in [-0.3, -0.25) is 4.99 Å². The predicted molar refractivity (Wildman–Crippen MR) is 88.4 cm³/mol. The van der Waals surface area contributed by atoms with Crippen LogP contribution in [0, 0.1) is 6.92 Å². The monoisotopic (exact) mass is 317 g/mol. The third kappa shape index (κ3) is 3.54. The Balaban J connectivity index is 2.26. The maximum absolute atomic E-state index is 12.6. The number of ether oxygens (including phenoxy) is 1. The zero-order valence-electron chi connectivity index (χ0n) is 12.7. The maximum atomic E-state index is 12.6. The van der Waals surface area contributed by atoms with E-state index in [9.17, 15) is 8.42 Å². The second kappa shape index (κ2) is 6.75. The summed E-state index contributed by atoms with van der Waals surface area (Å²) in [5, 5.41) is -0.899. The fourth-order valence-electron chi connectivity index (χ4n) is 2.12. The molecular formula is C17H19NO3S. The van der Waals surface area contributed by atoms with E-state index in [4.69, 9.17) is 4.74 Å². The van der Waals surface area contributed by atoms with E-state index in [0.29, 0.717) is 0 Å². The van der Waals surface area contributed by atoms with Gasteiger partial charge in [-0.25, -0.2) is 8.42 Å². The van der Waals surface area contributed by atoms with E-state index in [0.717, 1.165) is 16.9 Å².